The van der Waals surface area contributed by atoms with E-state index >= 15 is 0 Å². The van der Waals surface area contributed by atoms with Crippen LogP contribution in [0.4, 0.5) is 11.8 Å². The summed E-state index contributed by atoms with van der Waals surface area (Å²) in [4.78, 5) is 27.1. The third-order valence-corrected chi connectivity index (χ3v) is 5.86. The lowest BCUT2D eigenvalue weighted by molar-refractivity contribution is 0.0839. The summed E-state index contributed by atoms with van der Waals surface area (Å²) in [7, 11) is 3.44. The highest BCUT2D eigenvalue weighted by atomic mass is 16.5. The highest BCUT2D eigenvalue weighted by molar-refractivity contribution is 6.05. The highest BCUT2D eigenvalue weighted by Gasteiger charge is 2.32. The van der Waals surface area contributed by atoms with Crippen LogP contribution in [0.5, 0.6) is 5.75 Å². The third-order valence-electron chi connectivity index (χ3n) is 5.86. The molecule has 10 nitrogen and oxygen atoms in total. The predicted molar refractivity (Wildman–Crippen MR) is 124 cm³/mol. The minimum Gasteiger partial charge on any atom is -0.494 e. The number of aromatic amines is 1. The lowest BCUT2D eigenvalue weighted by atomic mass is 10.1. The minimum atomic E-state index is -0.751. The Morgan fingerprint density at radius 2 is 2.18 bits per heavy atom. The Morgan fingerprint density at radius 1 is 1.33 bits per heavy atom. The van der Waals surface area contributed by atoms with Gasteiger partial charge in [0.05, 0.1) is 18.9 Å². The van der Waals surface area contributed by atoms with Gasteiger partial charge in [-0.25, -0.2) is 9.97 Å². The van der Waals surface area contributed by atoms with E-state index in [4.69, 9.17) is 4.74 Å². The number of anilines is 2. The van der Waals surface area contributed by atoms with Crippen LogP contribution in [0.3, 0.4) is 0 Å². The molecule has 1 amide bonds. The number of ether oxygens (including phenoxy) is 1. The number of rotatable bonds is 5. The lowest BCUT2D eigenvalue weighted by Gasteiger charge is -2.20. The zero-order valence-corrected chi connectivity index (χ0v) is 18.7. The largest absolute Gasteiger partial charge is 0.494 e. The van der Waals surface area contributed by atoms with Crippen molar-refractivity contribution >= 4 is 28.7 Å². The molecule has 0 aliphatic carbocycles. The van der Waals surface area contributed by atoms with Crippen LogP contribution in [0.25, 0.3) is 22.2 Å². The van der Waals surface area contributed by atoms with Gasteiger partial charge in [0.1, 0.15) is 22.6 Å². The van der Waals surface area contributed by atoms with Crippen LogP contribution in [0.1, 0.15) is 23.7 Å². The molecule has 1 aromatic carbocycles. The Hall–Kier alpha value is -3.92. The number of methoxy groups -OCH3 is 1. The first-order chi connectivity index (χ1) is 15.8. The first kappa shape index (κ1) is 21.0. The number of carbonyl (C=O) groups excluding carboxylic acids is 1. The molecule has 3 N–H and O–H groups in total. The molecule has 0 bridgehead atoms. The quantitative estimate of drug-likeness (QED) is 0.430. The molecule has 4 heterocycles. The van der Waals surface area contributed by atoms with Gasteiger partial charge in [-0.2, -0.15) is 5.10 Å². The maximum absolute atomic E-state index is 13.0. The average molecular weight is 447 g/mol. The van der Waals surface area contributed by atoms with Gasteiger partial charge in [0.15, 0.2) is 0 Å². The fourth-order valence-electron chi connectivity index (χ4n) is 4.14. The van der Waals surface area contributed by atoms with Crippen LogP contribution >= 0.6 is 0 Å². The van der Waals surface area contributed by atoms with Gasteiger partial charge in [0, 0.05) is 49.2 Å². The van der Waals surface area contributed by atoms with E-state index in [2.05, 4.69) is 25.4 Å². The number of hydrogen-bond donors (Lipinski definition) is 3. The van der Waals surface area contributed by atoms with E-state index < -0.39 is 5.60 Å². The van der Waals surface area contributed by atoms with E-state index in [1.54, 1.807) is 43.2 Å². The van der Waals surface area contributed by atoms with Crippen LogP contribution in [-0.4, -0.2) is 61.5 Å². The molecule has 0 spiro atoms. The zero-order valence-electron chi connectivity index (χ0n) is 18.7. The first-order valence-electron chi connectivity index (χ1n) is 10.6. The maximum atomic E-state index is 13.0. The monoisotopic (exact) mass is 447 g/mol. The number of β-amino-alcohol motifs (C(OH)–C–C–N with tert-alkyl or cyclic N) is 1. The Labute approximate surface area is 190 Å². The molecule has 3 aromatic heterocycles. The van der Waals surface area contributed by atoms with Crippen LogP contribution in [0, 0.1) is 0 Å². The Balaban J connectivity index is 1.44. The van der Waals surface area contributed by atoms with Gasteiger partial charge in [-0.3, -0.25) is 14.8 Å². The molecule has 0 saturated carbocycles. The molecule has 5 rings (SSSR count). The molecule has 1 aliphatic rings. The molecular formula is C23H25N7O3. The number of benzene rings is 1. The number of hydrogen-bond acceptors (Lipinski definition) is 7. The van der Waals surface area contributed by atoms with Crippen molar-refractivity contribution in [1.29, 1.82) is 0 Å². The molecule has 10 heteroatoms. The minimum absolute atomic E-state index is 0.312. The number of pyridine rings is 1. The summed E-state index contributed by atoms with van der Waals surface area (Å²) < 4.78 is 7.20. The zero-order chi connectivity index (χ0) is 23.2. The molecular weight excluding hydrogens is 422 g/mol. The van der Waals surface area contributed by atoms with Gasteiger partial charge in [-0.15, -0.1) is 0 Å². The summed E-state index contributed by atoms with van der Waals surface area (Å²) in [5.41, 5.74) is 2.85. The lowest BCUT2D eigenvalue weighted by Crippen LogP contribution is -2.30. The van der Waals surface area contributed by atoms with E-state index in [1.165, 1.54) is 0 Å². The normalized spacial score (nSPS) is 18.1. The Kier molecular flexibility index (Phi) is 5.01. The topological polar surface area (TPSA) is 121 Å². The first-order valence-corrected chi connectivity index (χ1v) is 10.6. The van der Waals surface area contributed by atoms with Crippen molar-refractivity contribution in [3.8, 4) is 16.9 Å². The van der Waals surface area contributed by atoms with E-state index in [0.29, 0.717) is 53.6 Å². The Bertz CT molecular complexity index is 1340. The number of aliphatic hydroxyl groups is 1. The van der Waals surface area contributed by atoms with Crippen LogP contribution in [0.2, 0.25) is 0 Å². The summed E-state index contributed by atoms with van der Waals surface area (Å²) in [6.45, 7) is 2.97. The molecule has 1 fully saturated rings. The number of nitrogens with one attached hydrogen (secondary N) is 2. The number of aryl methyl sites for hydroxylation is 1. The number of fused-ring (bicyclic) bond motifs is 1. The van der Waals surface area contributed by atoms with Crippen molar-refractivity contribution in [1.82, 2.24) is 24.7 Å². The number of carbonyl (C=O) groups is 1. The predicted octanol–water partition coefficient (Wildman–Crippen LogP) is 2.58. The van der Waals surface area contributed by atoms with Crippen molar-refractivity contribution in [3.63, 3.8) is 0 Å². The molecule has 0 radical (unpaired) electrons. The number of aromatic nitrogens is 5. The van der Waals surface area contributed by atoms with Crippen molar-refractivity contribution in [2.45, 2.75) is 18.9 Å². The molecule has 1 saturated heterocycles. The number of amides is 1. The summed E-state index contributed by atoms with van der Waals surface area (Å²) in [5, 5.41) is 17.3. The summed E-state index contributed by atoms with van der Waals surface area (Å²) >= 11 is 0. The number of H-pyrrole nitrogens is 1. The maximum Gasteiger partial charge on any atom is 0.258 e. The summed E-state index contributed by atoms with van der Waals surface area (Å²) in [5.74, 6) is 1.28. The summed E-state index contributed by atoms with van der Waals surface area (Å²) in [6.07, 6.45) is 5.93. The molecule has 0 unspecified atom stereocenters. The molecule has 33 heavy (non-hydrogen) atoms. The van der Waals surface area contributed by atoms with Gasteiger partial charge in [-0.05, 0) is 37.6 Å². The van der Waals surface area contributed by atoms with Gasteiger partial charge in [0.2, 0.25) is 5.95 Å². The van der Waals surface area contributed by atoms with Crippen molar-refractivity contribution in [3.05, 3.63) is 48.4 Å². The molecule has 1 atom stereocenters. The molecule has 4 aromatic rings. The van der Waals surface area contributed by atoms with Gasteiger partial charge in [-0.1, -0.05) is 0 Å². The second-order valence-electron chi connectivity index (χ2n) is 8.55. The average Bonchev–Trinajstić information content (AvgIpc) is 3.51. The fourth-order valence-corrected chi connectivity index (χ4v) is 4.14. The van der Waals surface area contributed by atoms with Crippen molar-refractivity contribution in [2.24, 2.45) is 7.05 Å². The second kappa shape index (κ2) is 7.89. The van der Waals surface area contributed by atoms with E-state index in [-0.39, 0.29) is 5.91 Å². The van der Waals surface area contributed by atoms with Gasteiger partial charge >= 0.3 is 0 Å². The van der Waals surface area contributed by atoms with Crippen LogP contribution < -0.4 is 15.0 Å². The SMILES string of the molecule is COc1ccc(-c2cnn(C)c2)c2nc(NC(=O)c3ccnc(N4CC[C@](C)(O)C4)c3)[nH]c12. The molecule has 1 aliphatic heterocycles. The Morgan fingerprint density at radius 3 is 2.88 bits per heavy atom. The smallest absolute Gasteiger partial charge is 0.258 e. The van der Waals surface area contributed by atoms with Crippen LogP contribution in [0.15, 0.2) is 42.9 Å². The van der Waals surface area contributed by atoms with E-state index in [9.17, 15) is 9.90 Å². The number of imidazole rings is 1. The number of nitrogens with zero attached hydrogens (tertiary/aromatic N) is 5. The molecule has 170 valence electrons. The standard InChI is InChI=1S/C23H25N7O3/c1-23(32)7-9-30(13-23)18-10-14(6-8-24-18)21(31)28-22-26-19-16(15-11-25-29(2)12-15)4-5-17(33-3)20(19)27-22/h4-6,8,10-12,32H,7,9,13H2,1-3H3,(H2,26,27,28,31)/t23-/m0/s1. The van der Waals surface area contributed by atoms with Gasteiger partial charge < -0.3 is 19.7 Å². The van der Waals surface area contributed by atoms with E-state index in [1.807, 2.05) is 30.3 Å². The summed E-state index contributed by atoms with van der Waals surface area (Å²) in [6, 6.07) is 7.15. The fraction of sp³-hybridized carbons (Fsp3) is 0.304. The van der Waals surface area contributed by atoms with Crippen molar-refractivity contribution < 1.29 is 14.6 Å². The highest BCUT2D eigenvalue weighted by Crippen LogP contribution is 2.34. The van der Waals surface area contributed by atoms with Crippen LogP contribution in [-0.2, 0) is 7.05 Å². The van der Waals surface area contributed by atoms with Crippen molar-refractivity contribution in [2.75, 3.05) is 30.4 Å². The van der Waals surface area contributed by atoms with E-state index in [0.717, 1.165) is 11.1 Å². The third kappa shape index (κ3) is 4.00. The van der Waals surface area contributed by atoms with Gasteiger partial charge in [0.25, 0.3) is 5.91 Å². The second-order valence-corrected chi connectivity index (χ2v) is 8.55.